The quantitative estimate of drug-likeness (QED) is 0.833. The molecular formula is C13H17NO3S. The van der Waals surface area contributed by atoms with Crippen LogP contribution >= 0.6 is 0 Å². The van der Waals surface area contributed by atoms with Crippen molar-refractivity contribution in [3.8, 4) is 5.75 Å². The number of aromatic nitrogens is 1. The Hall–Kier alpha value is -1.49. The highest BCUT2D eigenvalue weighted by Gasteiger charge is 2.06. The second-order valence-electron chi connectivity index (χ2n) is 4.29. The molecule has 98 valence electrons. The number of nitrogens with zero attached hydrogens (tertiary/aromatic N) is 1. The highest BCUT2D eigenvalue weighted by molar-refractivity contribution is 7.90. The average molecular weight is 267 g/mol. The first-order valence-corrected chi connectivity index (χ1v) is 7.95. The van der Waals surface area contributed by atoms with E-state index in [9.17, 15) is 8.42 Å². The molecule has 0 saturated heterocycles. The fraction of sp³-hybridized carbons (Fsp3) is 0.385. The molecule has 0 aliphatic carbocycles. The van der Waals surface area contributed by atoms with E-state index >= 15 is 0 Å². The second-order valence-corrected chi connectivity index (χ2v) is 6.55. The molecule has 0 bridgehead atoms. The number of fused-ring (bicyclic) bond motifs is 1. The Morgan fingerprint density at radius 3 is 2.72 bits per heavy atom. The van der Waals surface area contributed by atoms with Crippen LogP contribution in [0.3, 0.4) is 0 Å². The third-order valence-electron chi connectivity index (χ3n) is 2.76. The fourth-order valence-electron chi connectivity index (χ4n) is 1.89. The Balaban J connectivity index is 2.26. The zero-order valence-corrected chi connectivity index (χ0v) is 11.4. The minimum absolute atomic E-state index is 0.157. The standard InChI is InChI=1S/C13H17NO3S/c1-3-17-12-4-5-13-11(10-12)6-7-14(13)8-9-18(2,15)16/h4-7,10H,3,8-9H2,1-2H3. The van der Waals surface area contributed by atoms with Crippen molar-refractivity contribution in [1.29, 1.82) is 0 Å². The van der Waals surface area contributed by atoms with Gasteiger partial charge in [0.25, 0.3) is 0 Å². The van der Waals surface area contributed by atoms with E-state index in [2.05, 4.69) is 0 Å². The molecule has 0 fully saturated rings. The molecule has 18 heavy (non-hydrogen) atoms. The number of sulfone groups is 1. The molecule has 0 saturated carbocycles. The smallest absolute Gasteiger partial charge is 0.149 e. The molecule has 1 heterocycles. The molecule has 0 atom stereocenters. The summed E-state index contributed by atoms with van der Waals surface area (Å²) in [6.07, 6.45) is 3.16. The van der Waals surface area contributed by atoms with Gasteiger partial charge < -0.3 is 9.30 Å². The Morgan fingerprint density at radius 2 is 2.06 bits per heavy atom. The van der Waals surface area contributed by atoms with Crippen molar-refractivity contribution in [1.82, 2.24) is 4.57 Å². The highest BCUT2D eigenvalue weighted by Crippen LogP contribution is 2.22. The van der Waals surface area contributed by atoms with Gasteiger partial charge in [0.15, 0.2) is 0 Å². The minimum Gasteiger partial charge on any atom is -0.494 e. The van der Waals surface area contributed by atoms with Crippen LogP contribution in [0.1, 0.15) is 6.92 Å². The Kier molecular flexibility index (Phi) is 3.61. The summed E-state index contributed by atoms with van der Waals surface area (Å²) in [5, 5.41) is 1.06. The average Bonchev–Trinajstić information content (AvgIpc) is 2.68. The van der Waals surface area contributed by atoms with Crippen molar-refractivity contribution in [3.63, 3.8) is 0 Å². The Morgan fingerprint density at radius 1 is 1.28 bits per heavy atom. The molecule has 0 amide bonds. The summed E-state index contributed by atoms with van der Waals surface area (Å²) in [5.41, 5.74) is 1.03. The third-order valence-corrected chi connectivity index (χ3v) is 3.68. The van der Waals surface area contributed by atoms with Crippen LogP contribution in [0.5, 0.6) is 5.75 Å². The zero-order valence-electron chi connectivity index (χ0n) is 10.6. The fourth-order valence-corrected chi connectivity index (χ4v) is 2.42. The summed E-state index contributed by atoms with van der Waals surface area (Å²) in [6.45, 7) is 3.07. The van der Waals surface area contributed by atoms with Gasteiger partial charge in [-0.1, -0.05) is 0 Å². The normalized spacial score (nSPS) is 11.9. The first-order valence-electron chi connectivity index (χ1n) is 5.89. The van der Waals surface area contributed by atoms with Crippen LogP contribution in [-0.4, -0.2) is 31.6 Å². The Labute approximate surface area is 107 Å². The lowest BCUT2D eigenvalue weighted by molar-refractivity contribution is 0.340. The third kappa shape index (κ3) is 3.04. The number of hydrogen-bond acceptors (Lipinski definition) is 3. The second kappa shape index (κ2) is 5.02. The topological polar surface area (TPSA) is 48.3 Å². The number of ether oxygens (including phenoxy) is 1. The molecule has 0 radical (unpaired) electrons. The van der Waals surface area contributed by atoms with Gasteiger partial charge in [-0.25, -0.2) is 8.42 Å². The maximum absolute atomic E-state index is 11.2. The molecule has 2 rings (SSSR count). The molecule has 2 aromatic rings. The summed E-state index contributed by atoms with van der Waals surface area (Å²) in [7, 11) is -2.93. The van der Waals surface area contributed by atoms with Crippen molar-refractivity contribution in [3.05, 3.63) is 30.5 Å². The van der Waals surface area contributed by atoms with Gasteiger partial charge in [-0.05, 0) is 31.2 Å². The van der Waals surface area contributed by atoms with Crippen molar-refractivity contribution in [2.45, 2.75) is 13.5 Å². The van der Waals surface area contributed by atoms with Gasteiger partial charge >= 0.3 is 0 Å². The van der Waals surface area contributed by atoms with E-state index in [0.29, 0.717) is 13.2 Å². The molecule has 0 aliphatic heterocycles. The van der Waals surface area contributed by atoms with Crippen LogP contribution in [0.15, 0.2) is 30.5 Å². The van der Waals surface area contributed by atoms with Crippen molar-refractivity contribution >= 4 is 20.7 Å². The van der Waals surface area contributed by atoms with Gasteiger partial charge in [0, 0.05) is 29.9 Å². The lowest BCUT2D eigenvalue weighted by Gasteiger charge is -2.06. The van der Waals surface area contributed by atoms with Crippen LogP contribution in [0.4, 0.5) is 0 Å². The molecule has 1 aromatic heterocycles. The lowest BCUT2D eigenvalue weighted by Crippen LogP contribution is -2.10. The van der Waals surface area contributed by atoms with Crippen LogP contribution < -0.4 is 4.74 Å². The van der Waals surface area contributed by atoms with Crippen molar-refractivity contribution in [2.24, 2.45) is 0 Å². The monoisotopic (exact) mass is 267 g/mol. The number of aryl methyl sites for hydroxylation is 1. The van der Waals surface area contributed by atoms with Crippen LogP contribution in [0.25, 0.3) is 10.9 Å². The summed E-state index contributed by atoms with van der Waals surface area (Å²) < 4.78 is 29.7. The van der Waals surface area contributed by atoms with Gasteiger partial charge in [0.05, 0.1) is 12.4 Å². The van der Waals surface area contributed by atoms with E-state index in [-0.39, 0.29) is 5.75 Å². The van der Waals surface area contributed by atoms with Crippen LogP contribution in [-0.2, 0) is 16.4 Å². The SMILES string of the molecule is CCOc1ccc2c(ccn2CCS(C)(=O)=O)c1. The van der Waals surface area contributed by atoms with Gasteiger partial charge in [-0.3, -0.25) is 0 Å². The van der Waals surface area contributed by atoms with Crippen LogP contribution in [0.2, 0.25) is 0 Å². The van der Waals surface area contributed by atoms with E-state index < -0.39 is 9.84 Å². The predicted molar refractivity (Wildman–Crippen MR) is 72.8 cm³/mol. The van der Waals surface area contributed by atoms with Gasteiger partial charge in [-0.15, -0.1) is 0 Å². The molecule has 5 heteroatoms. The summed E-state index contributed by atoms with van der Waals surface area (Å²) in [4.78, 5) is 0. The van der Waals surface area contributed by atoms with Gasteiger partial charge in [0.2, 0.25) is 0 Å². The van der Waals surface area contributed by atoms with Crippen molar-refractivity contribution in [2.75, 3.05) is 18.6 Å². The summed E-state index contributed by atoms with van der Waals surface area (Å²) >= 11 is 0. The number of hydrogen-bond donors (Lipinski definition) is 0. The number of benzene rings is 1. The van der Waals surface area contributed by atoms with Crippen LogP contribution in [0, 0.1) is 0 Å². The highest BCUT2D eigenvalue weighted by atomic mass is 32.2. The Bertz CT molecular complexity index is 643. The predicted octanol–water partition coefficient (Wildman–Crippen LogP) is 2.08. The van der Waals surface area contributed by atoms with E-state index in [0.717, 1.165) is 16.7 Å². The largest absolute Gasteiger partial charge is 0.494 e. The molecule has 1 aromatic carbocycles. The van der Waals surface area contributed by atoms with Gasteiger partial charge in [0.1, 0.15) is 15.6 Å². The lowest BCUT2D eigenvalue weighted by atomic mass is 10.2. The molecule has 0 N–H and O–H groups in total. The van der Waals surface area contributed by atoms with E-state index in [1.54, 1.807) is 0 Å². The van der Waals surface area contributed by atoms with E-state index in [1.165, 1.54) is 6.26 Å². The molecule has 4 nitrogen and oxygen atoms in total. The minimum atomic E-state index is -2.93. The van der Waals surface area contributed by atoms with Gasteiger partial charge in [-0.2, -0.15) is 0 Å². The van der Waals surface area contributed by atoms with E-state index in [1.807, 2.05) is 42.0 Å². The zero-order chi connectivity index (χ0) is 13.2. The first kappa shape index (κ1) is 13.0. The van der Waals surface area contributed by atoms with Crippen molar-refractivity contribution < 1.29 is 13.2 Å². The first-order chi connectivity index (χ1) is 8.49. The van der Waals surface area contributed by atoms with E-state index in [4.69, 9.17) is 4.74 Å². The number of rotatable bonds is 5. The molecule has 0 unspecified atom stereocenters. The summed E-state index contributed by atoms with van der Waals surface area (Å²) in [5.74, 6) is 0.995. The maximum atomic E-state index is 11.2. The summed E-state index contributed by atoms with van der Waals surface area (Å²) in [6, 6.07) is 7.81. The maximum Gasteiger partial charge on any atom is 0.149 e. The molecular weight excluding hydrogens is 250 g/mol. The molecule has 0 aliphatic rings. The molecule has 0 spiro atoms.